The highest BCUT2D eigenvalue weighted by molar-refractivity contribution is 6.17. The molecule has 1 rings (SSSR count). The summed E-state index contributed by atoms with van der Waals surface area (Å²) in [6.07, 6.45) is -3.33. The topological polar surface area (TPSA) is 22.1 Å². The van der Waals surface area contributed by atoms with E-state index in [1.807, 2.05) is 0 Å². The summed E-state index contributed by atoms with van der Waals surface area (Å²) in [5.74, 6) is -0.357. The Morgan fingerprint density at radius 2 is 2.14 bits per heavy atom. The maximum absolute atomic E-state index is 11.9. The monoisotopic (exact) mass is 225 g/mol. The quantitative estimate of drug-likeness (QED) is 0.722. The second-order valence-electron chi connectivity index (χ2n) is 2.57. The lowest BCUT2D eigenvalue weighted by Crippen LogP contribution is -2.19. The van der Waals surface area contributed by atoms with Gasteiger partial charge in [0.25, 0.3) is 0 Å². The van der Waals surface area contributed by atoms with Gasteiger partial charge in [0.05, 0.1) is 11.6 Å². The van der Waals surface area contributed by atoms with E-state index in [0.717, 1.165) is 0 Å². The van der Waals surface area contributed by atoms with Gasteiger partial charge in [-0.2, -0.15) is 0 Å². The van der Waals surface area contributed by atoms with Crippen molar-refractivity contribution in [3.63, 3.8) is 0 Å². The van der Waals surface area contributed by atoms with Gasteiger partial charge in [0, 0.05) is 11.8 Å². The smallest absolute Gasteiger partial charge is 0.404 e. The molecule has 0 unspecified atom stereocenters. The molecule has 0 aliphatic rings. The van der Waals surface area contributed by atoms with Crippen LogP contribution in [-0.2, 0) is 5.88 Å². The van der Waals surface area contributed by atoms with Crippen LogP contribution in [0.4, 0.5) is 13.2 Å². The molecule has 0 saturated heterocycles. The van der Waals surface area contributed by atoms with Gasteiger partial charge in [-0.1, -0.05) is 0 Å². The van der Waals surface area contributed by atoms with E-state index in [2.05, 4.69) is 9.72 Å². The molecule has 0 aliphatic carbocycles. The van der Waals surface area contributed by atoms with Crippen LogP contribution in [0.2, 0.25) is 0 Å². The first-order chi connectivity index (χ1) is 6.44. The van der Waals surface area contributed by atoms with Crippen molar-refractivity contribution < 1.29 is 17.9 Å². The molecule has 0 saturated carbocycles. The predicted molar refractivity (Wildman–Crippen MR) is 45.2 cm³/mol. The zero-order chi connectivity index (χ0) is 10.8. The zero-order valence-corrected chi connectivity index (χ0v) is 7.99. The van der Waals surface area contributed by atoms with E-state index >= 15 is 0 Å². The van der Waals surface area contributed by atoms with Crippen molar-refractivity contribution in [2.45, 2.75) is 19.2 Å². The summed E-state index contributed by atoms with van der Waals surface area (Å²) in [7, 11) is 0. The first-order valence-electron chi connectivity index (χ1n) is 3.70. The number of hydrogen-bond donors (Lipinski definition) is 0. The summed E-state index contributed by atoms with van der Waals surface area (Å²) in [5, 5.41) is 0. The molecule has 1 aromatic heterocycles. The molecule has 0 amide bonds. The Morgan fingerprint density at radius 3 is 2.64 bits per heavy atom. The molecule has 0 bridgehead atoms. The lowest BCUT2D eigenvalue weighted by Gasteiger charge is -2.13. The van der Waals surface area contributed by atoms with Crippen LogP contribution >= 0.6 is 11.6 Å². The fourth-order valence-corrected chi connectivity index (χ4v) is 1.18. The summed E-state index contributed by atoms with van der Waals surface area (Å²) >= 11 is 5.46. The molecule has 0 atom stereocenters. The van der Waals surface area contributed by atoms with E-state index < -0.39 is 6.36 Å². The first-order valence-corrected chi connectivity index (χ1v) is 4.23. The summed E-state index contributed by atoms with van der Waals surface area (Å²) < 4.78 is 39.6. The fourth-order valence-electron chi connectivity index (χ4n) is 0.966. The second kappa shape index (κ2) is 4.04. The zero-order valence-electron chi connectivity index (χ0n) is 7.23. The van der Waals surface area contributed by atoms with Crippen LogP contribution in [0.25, 0.3) is 0 Å². The Labute approximate surface area is 83.7 Å². The third-order valence-electron chi connectivity index (χ3n) is 1.53. The number of halogens is 4. The predicted octanol–water partition coefficient (Wildman–Crippen LogP) is 3.03. The number of alkyl halides is 4. The van der Waals surface area contributed by atoms with Gasteiger partial charge in [-0.15, -0.1) is 24.8 Å². The Kier molecular flexibility index (Phi) is 3.21. The SMILES string of the molecule is Cc1nccc(CCl)c1OC(F)(F)F. The number of aromatic nitrogens is 1. The third-order valence-corrected chi connectivity index (χ3v) is 1.81. The van der Waals surface area contributed by atoms with Crippen LogP contribution in [0.15, 0.2) is 12.3 Å². The van der Waals surface area contributed by atoms with E-state index in [-0.39, 0.29) is 22.9 Å². The lowest BCUT2D eigenvalue weighted by molar-refractivity contribution is -0.275. The molecule has 0 aromatic carbocycles. The van der Waals surface area contributed by atoms with Crippen molar-refractivity contribution in [2.75, 3.05) is 0 Å². The van der Waals surface area contributed by atoms with E-state index in [0.29, 0.717) is 0 Å². The Balaban J connectivity index is 3.05. The number of hydrogen-bond acceptors (Lipinski definition) is 2. The van der Waals surface area contributed by atoms with Crippen LogP contribution in [0, 0.1) is 6.92 Å². The summed E-state index contributed by atoms with van der Waals surface area (Å²) in [6.45, 7) is 1.43. The number of rotatable bonds is 2. The van der Waals surface area contributed by atoms with E-state index in [9.17, 15) is 13.2 Å². The maximum Gasteiger partial charge on any atom is 0.573 e. The summed E-state index contributed by atoms with van der Waals surface area (Å²) in [4.78, 5) is 3.69. The Hall–Kier alpha value is -0.970. The largest absolute Gasteiger partial charge is 0.573 e. The fraction of sp³-hybridized carbons (Fsp3) is 0.375. The van der Waals surface area contributed by atoms with Crippen LogP contribution in [0.3, 0.4) is 0 Å². The third kappa shape index (κ3) is 2.77. The van der Waals surface area contributed by atoms with Gasteiger partial charge in [0.2, 0.25) is 0 Å². The van der Waals surface area contributed by atoms with Crippen LogP contribution in [0.1, 0.15) is 11.3 Å². The molecule has 2 nitrogen and oxygen atoms in total. The molecular weight excluding hydrogens is 219 g/mol. The molecule has 1 heterocycles. The van der Waals surface area contributed by atoms with E-state index in [4.69, 9.17) is 11.6 Å². The molecule has 0 fully saturated rings. The minimum atomic E-state index is -4.71. The minimum absolute atomic E-state index is 0.0469. The van der Waals surface area contributed by atoms with Gasteiger partial charge in [-0.05, 0) is 13.0 Å². The van der Waals surface area contributed by atoms with Gasteiger partial charge in [-0.25, -0.2) is 0 Å². The van der Waals surface area contributed by atoms with Crippen molar-refractivity contribution in [1.82, 2.24) is 4.98 Å². The average Bonchev–Trinajstić information content (AvgIpc) is 2.06. The highest BCUT2D eigenvalue weighted by Crippen LogP contribution is 2.29. The molecule has 78 valence electrons. The normalized spacial score (nSPS) is 11.5. The van der Waals surface area contributed by atoms with E-state index in [1.165, 1.54) is 19.2 Å². The van der Waals surface area contributed by atoms with Gasteiger partial charge in [-0.3, -0.25) is 4.98 Å². The second-order valence-corrected chi connectivity index (χ2v) is 2.83. The van der Waals surface area contributed by atoms with Crippen molar-refractivity contribution in [1.29, 1.82) is 0 Å². The molecule has 1 aromatic rings. The molecule has 0 radical (unpaired) electrons. The first kappa shape index (κ1) is 11.1. The number of ether oxygens (including phenoxy) is 1. The Bertz CT molecular complexity index is 327. The van der Waals surface area contributed by atoms with Gasteiger partial charge >= 0.3 is 6.36 Å². The minimum Gasteiger partial charge on any atom is -0.404 e. The molecule has 14 heavy (non-hydrogen) atoms. The molecule has 0 aliphatic heterocycles. The highest BCUT2D eigenvalue weighted by Gasteiger charge is 2.32. The number of pyridine rings is 1. The average molecular weight is 226 g/mol. The summed E-state index contributed by atoms with van der Waals surface area (Å²) in [5.41, 5.74) is 0.442. The molecular formula is C8H7ClF3NO. The maximum atomic E-state index is 11.9. The molecule has 0 spiro atoms. The Morgan fingerprint density at radius 1 is 1.50 bits per heavy atom. The summed E-state index contributed by atoms with van der Waals surface area (Å²) in [6, 6.07) is 1.39. The standard InChI is InChI=1S/C8H7ClF3NO/c1-5-7(14-8(10,11)12)6(4-9)2-3-13-5/h2-3H,4H2,1H3. The highest BCUT2D eigenvalue weighted by atomic mass is 35.5. The van der Waals surface area contributed by atoms with Gasteiger partial charge < -0.3 is 4.74 Å². The lowest BCUT2D eigenvalue weighted by atomic mass is 10.2. The van der Waals surface area contributed by atoms with Crippen molar-refractivity contribution in [3.05, 3.63) is 23.5 Å². The van der Waals surface area contributed by atoms with Crippen LogP contribution in [0.5, 0.6) is 5.75 Å². The van der Waals surface area contributed by atoms with Gasteiger partial charge in [0.15, 0.2) is 5.75 Å². The van der Waals surface area contributed by atoms with Crippen molar-refractivity contribution in [2.24, 2.45) is 0 Å². The van der Waals surface area contributed by atoms with Crippen molar-refractivity contribution in [3.8, 4) is 5.75 Å². The molecule has 0 N–H and O–H groups in total. The molecule has 6 heteroatoms. The van der Waals surface area contributed by atoms with E-state index in [1.54, 1.807) is 0 Å². The van der Waals surface area contributed by atoms with Crippen LogP contribution in [-0.4, -0.2) is 11.3 Å². The van der Waals surface area contributed by atoms with Gasteiger partial charge in [0.1, 0.15) is 0 Å². The number of nitrogens with zero attached hydrogens (tertiary/aromatic N) is 1. The van der Waals surface area contributed by atoms with Crippen molar-refractivity contribution >= 4 is 11.6 Å². The van der Waals surface area contributed by atoms with Crippen LogP contribution < -0.4 is 4.74 Å². The number of aryl methyl sites for hydroxylation is 1.